The lowest BCUT2D eigenvalue weighted by Crippen LogP contribution is -2.39. The second kappa shape index (κ2) is 11.3. The fourth-order valence-electron chi connectivity index (χ4n) is 3.23. The lowest BCUT2D eigenvalue weighted by atomic mass is 10.1. The summed E-state index contributed by atoms with van der Waals surface area (Å²) in [5.41, 5.74) is 3.57. The summed E-state index contributed by atoms with van der Waals surface area (Å²) >= 11 is 0. The Balaban J connectivity index is 0.00000300. The van der Waals surface area contributed by atoms with Gasteiger partial charge in [-0.05, 0) is 60.7 Å². The highest BCUT2D eigenvalue weighted by molar-refractivity contribution is 14.0. The standard InChI is InChI=1S/C21H25F2N3O2.HI/c1-14-9-18(22)4-3-15(14)5-7-25-21(24-2)26-8-6-16-10-19(23)11-17-12-27-13-28-20(16)17;/h3-4,9-11H,5-8,12-13H2,1-2H3,(H2,24,25,26);1H. The Kier molecular flexibility index (Phi) is 9.09. The van der Waals surface area contributed by atoms with Crippen LogP contribution in [0, 0.1) is 18.6 Å². The van der Waals surface area contributed by atoms with Crippen molar-refractivity contribution in [3.63, 3.8) is 0 Å². The molecule has 0 unspecified atom stereocenters. The van der Waals surface area contributed by atoms with Crippen molar-refractivity contribution in [3.8, 4) is 5.75 Å². The van der Waals surface area contributed by atoms with Gasteiger partial charge in [0.25, 0.3) is 0 Å². The summed E-state index contributed by atoms with van der Waals surface area (Å²) in [6.45, 7) is 3.69. The van der Waals surface area contributed by atoms with Gasteiger partial charge in [-0.2, -0.15) is 0 Å². The molecular formula is C21H26F2IN3O2. The molecule has 0 atom stereocenters. The van der Waals surface area contributed by atoms with Gasteiger partial charge in [0.05, 0.1) is 6.61 Å². The van der Waals surface area contributed by atoms with Gasteiger partial charge < -0.3 is 20.1 Å². The van der Waals surface area contributed by atoms with Gasteiger partial charge in [0.2, 0.25) is 0 Å². The van der Waals surface area contributed by atoms with Gasteiger partial charge >= 0.3 is 0 Å². The number of ether oxygens (including phenoxy) is 2. The quantitative estimate of drug-likeness (QED) is 0.349. The number of hydrogen-bond acceptors (Lipinski definition) is 3. The minimum absolute atomic E-state index is 0. The first kappa shape index (κ1) is 23.3. The zero-order chi connectivity index (χ0) is 19.9. The van der Waals surface area contributed by atoms with E-state index >= 15 is 0 Å². The molecule has 0 fully saturated rings. The van der Waals surface area contributed by atoms with Crippen molar-refractivity contribution < 1.29 is 18.3 Å². The van der Waals surface area contributed by atoms with Gasteiger partial charge in [-0.1, -0.05) is 6.07 Å². The molecule has 1 aliphatic rings. The molecule has 2 N–H and O–H groups in total. The SMILES string of the molecule is CN=C(NCCc1ccc(F)cc1C)NCCc1cc(F)cc2c1OCOC2.I. The van der Waals surface area contributed by atoms with Gasteiger partial charge in [-0.25, -0.2) is 8.78 Å². The molecular weight excluding hydrogens is 491 g/mol. The van der Waals surface area contributed by atoms with Gasteiger partial charge in [-0.15, -0.1) is 24.0 Å². The molecule has 158 valence electrons. The summed E-state index contributed by atoms with van der Waals surface area (Å²) in [7, 11) is 1.70. The van der Waals surface area contributed by atoms with Crippen molar-refractivity contribution in [1.29, 1.82) is 0 Å². The van der Waals surface area contributed by atoms with Crippen LogP contribution in [-0.4, -0.2) is 32.9 Å². The number of nitrogens with zero attached hydrogens (tertiary/aromatic N) is 1. The predicted molar refractivity (Wildman–Crippen MR) is 120 cm³/mol. The topological polar surface area (TPSA) is 54.9 Å². The molecule has 0 saturated carbocycles. The summed E-state index contributed by atoms with van der Waals surface area (Å²) in [5.74, 6) is 0.861. The van der Waals surface area contributed by atoms with E-state index in [4.69, 9.17) is 9.47 Å². The number of fused-ring (bicyclic) bond motifs is 1. The van der Waals surface area contributed by atoms with Crippen LogP contribution in [0.2, 0.25) is 0 Å². The average Bonchev–Trinajstić information content (AvgIpc) is 2.68. The third-order valence-corrected chi connectivity index (χ3v) is 4.65. The van der Waals surface area contributed by atoms with Gasteiger partial charge in [-0.3, -0.25) is 4.99 Å². The summed E-state index contributed by atoms with van der Waals surface area (Å²) < 4.78 is 37.7. The van der Waals surface area contributed by atoms with Crippen LogP contribution in [0.25, 0.3) is 0 Å². The number of aryl methyl sites for hydroxylation is 1. The maximum atomic E-state index is 13.8. The van der Waals surface area contributed by atoms with E-state index in [0.717, 1.165) is 28.7 Å². The second-order valence-corrected chi connectivity index (χ2v) is 6.66. The first-order valence-electron chi connectivity index (χ1n) is 9.28. The molecule has 0 bridgehead atoms. The Morgan fingerprint density at radius 1 is 1.03 bits per heavy atom. The third-order valence-electron chi connectivity index (χ3n) is 4.65. The van der Waals surface area contributed by atoms with Crippen LogP contribution in [-0.2, 0) is 24.2 Å². The molecule has 0 aliphatic carbocycles. The molecule has 0 radical (unpaired) electrons. The van der Waals surface area contributed by atoms with Crippen LogP contribution in [0.15, 0.2) is 35.3 Å². The van der Waals surface area contributed by atoms with Crippen molar-refractivity contribution in [2.45, 2.75) is 26.4 Å². The molecule has 1 heterocycles. The van der Waals surface area contributed by atoms with Crippen LogP contribution >= 0.6 is 24.0 Å². The highest BCUT2D eigenvalue weighted by Crippen LogP contribution is 2.29. The van der Waals surface area contributed by atoms with Gasteiger partial charge in [0.15, 0.2) is 12.8 Å². The van der Waals surface area contributed by atoms with Crippen molar-refractivity contribution in [2.24, 2.45) is 4.99 Å². The number of rotatable bonds is 6. The summed E-state index contributed by atoms with van der Waals surface area (Å²) in [6, 6.07) is 7.76. The molecule has 0 aromatic heterocycles. The zero-order valence-electron chi connectivity index (χ0n) is 16.6. The monoisotopic (exact) mass is 517 g/mol. The largest absolute Gasteiger partial charge is 0.467 e. The number of hydrogen-bond donors (Lipinski definition) is 2. The Hall–Kier alpha value is -1.94. The first-order chi connectivity index (χ1) is 13.6. The van der Waals surface area contributed by atoms with Gasteiger partial charge in [0, 0.05) is 25.7 Å². The van der Waals surface area contributed by atoms with Crippen molar-refractivity contribution in [1.82, 2.24) is 10.6 Å². The molecule has 0 saturated heterocycles. The van der Waals surface area contributed by atoms with E-state index in [2.05, 4.69) is 15.6 Å². The molecule has 2 aromatic rings. The second-order valence-electron chi connectivity index (χ2n) is 6.66. The summed E-state index contributed by atoms with van der Waals surface area (Å²) in [4.78, 5) is 4.20. The molecule has 2 aromatic carbocycles. The Labute approximate surface area is 186 Å². The summed E-state index contributed by atoms with van der Waals surface area (Å²) in [5, 5.41) is 6.46. The van der Waals surface area contributed by atoms with Crippen molar-refractivity contribution in [3.05, 3.63) is 64.2 Å². The Morgan fingerprint density at radius 3 is 2.45 bits per heavy atom. The maximum absolute atomic E-state index is 13.8. The molecule has 5 nitrogen and oxygen atoms in total. The van der Waals surface area contributed by atoms with E-state index < -0.39 is 0 Å². The van der Waals surface area contributed by atoms with E-state index in [-0.39, 0.29) is 42.4 Å². The normalized spacial score (nSPS) is 13.2. The summed E-state index contributed by atoms with van der Waals surface area (Å²) in [6.07, 6.45) is 1.36. The van der Waals surface area contributed by atoms with E-state index in [0.29, 0.717) is 37.8 Å². The molecule has 3 rings (SSSR count). The molecule has 0 spiro atoms. The van der Waals surface area contributed by atoms with Crippen LogP contribution in [0.4, 0.5) is 8.78 Å². The molecule has 8 heteroatoms. The predicted octanol–water partition coefficient (Wildman–Crippen LogP) is 3.71. The highest BCUT2D eigenvalue weighted by Gasteiger charge is 2.16. The fourth-order valence-corrected chi connectivity index (χ4v) is 3.23. The number of nitrogens with one attached hydrogen (secondary N) is 2. The number of guanidine groups is 1. The van der Waals surface area contributed by atoms with Crippen LogP contribution < -0.4 is 15.4 Å². The zero-order valence-corrected chi connectivity index (χ0v) is 18.9. The van der Waals surface area contributed by atoms with E-state index in [9.17, 15) is 8.78 Å². The maximum Gasteiger partial charge on any atom is 0.190 e. The lowest BCUT2D eigenvalue weighted by molar-refractivity contribution is -0.0172. The van der Waals surface area contributed by atoms with Gasteiger partial charge in [0.1, 0.15) is 17.4 Å². The van der Waals surface area contributed by atoms with Crippen molar-refractivity contribution in [2.75, 3.05) is 26.9 Å². The smallest absolute Gasteiger partial charge is 0.190 e. The Bertz CT molecular complexity index is 862. The van der Waals surface area contributed by atoms with E-state index in [1.165, 1.54) is 24.3 Å². The van der Waals surface area contributed by atoms with Crippen LogP contribution in [0.5, 0.6) is 5.75 Å². The van der Waals surface area contributed by atoms with E-state index in [1.807, 2.05) is 6.92 Å². The third kappa shape index (κ3) is 6.53. The minimum atomic E-state index is -0.292. The lowest BCUT2D eigenvalue weighted by Gasteiger charge is -2.21. The number of aliphatic imine (C=N–C) groups is 1. The molecule has 29 heavy (non-hydrogen) atoms. The Morgan fingerprint density at radius 2 is 1.76 bits per heavy atom. The van der Waals surface area contributed by atoms with Crippen molar-refractivity contribution >= 4 is 29.9 Å². The van der Waals surface area contributed by atoms with E-state index in [1.54, 1.807) is 13.1 Å². The molecule has 0 amide bonds. The first-order valence-corrected chi connectivity index (χ1v) is 9.28. The number of benzene rings is 2. The minimum Gasteiger partial charge on any atom is -0.467 e. The average molecular weight is 517 g/mol. The van der Waals surface area contributed by atoms with Crippen LogP contribution in [0.3, 0.4) is 0 Å². The molecule has 1 aliphatic heterocycles. The fraction of sp³-hybridized carbons (Fsp3) is 0.381. The van der Waals surface area contributed by atoms with Crippen LogP contribution in [0.1, 0.15) is 22.3 Å². The highest BCUT2D eigenvalue weighted by atomic mass is 127. The number of halogens is 3.